The number of aryl methyl sites for hydroxylation is 3. The summed E-state index contributed by atoms with van der Waals surface area (Å²) in [4.78, 5) is 25.2. The number of rotatable bonds is 9. The fraction of sp³-hybridized carbons (Fsp3) is 0.619. The first-order chi connectivity index (χ1) is 12.3. The summed E-state index contributed by atoms with van der Waals surface area (Å²) in [6.45, 7) is 13.9. The third-order valence-electron chi connectivity index (χ3n) is 4.67. The molecule has 0 spiro atoms. The predicted molar refractivity (Wildman–Crippen MR) is 114 cm³/mol. The van der Waals surface area contributed by atoms with Crippen LogP contribution in [0.3, 0.4) is 0 Å². The molecule has 5 heteroatoms. The van der Waals surface area contributed by atoms with Gasteiger partial charge < -0.3 is 0 Å². The summed E-state index contributed by atoms with van der Waals surface area (Å²) in [5, 5.41) is 0. The molecular formula is C21H33IO4. The van der Waals surface area contributed by atoms with Crippen molar-refractivity contribution in [2.24, 2.45) is 11.8 Å². The Bertz CT molecular complexity index is 569. The van der Waals surface area contributed by atoms with Crippen LogP contribution in [-0.4, -0.2) is 11.9 Å². The molecule has 0 radical (unpaired) electrons. The molecule has 0 unspecified atom stereocenters. The zero-order valence-electron chi connectivity index (χ0n) is 17.1. The van der Waals surface area contributed by atoms with Gasteiger partial charge in [-0.05, 0) is 0 Å². The molecule has 0 atom stereocenters. The first-order valence-electron chi connectivity index (χ1n) is 9.51. The number of benzene rings is 1. The van der Waals surface area contributed by atoms with E-state index in [9.17, 15) is 9.59 Å². The summed E-state index contributed by atoms with van der Waals surface area (Å²) in [5.41, 5.74) is 3.21. The Morgan fingerprint density at radius 2 is 1.15 bits per heavy atom. The van der Waals surface area contributed by atoms with E-state index in [1.807, 2.05) is 48.5 Å². The van der Waals surface area contributed by atoms with E-state index in [2.05, 4.69) is 12.1 Å². The molecule has 0 heterocycles. The monoisotopic (exact) mass is 476 g/mol. The van der Waals surface area contributed by atoms with E-state index in [0.717, 1.165) is 45.9 Å². The molecule has 0 aliphatic carbocycles. The molecule has 148 valence electrons. The Balaban J connectivity index is 3.22. The summed E-state index contributed by atoms with van der Waals surface area (Å²) in [6.07, 6.45) is 2.91. The molecule has 0 aliphatic heterocycles. The van der Waals surface area contributed by atoms with Gasteiger partial charge >= 0.3 is 167 Å². The molecule has 0 saturated heterocycles. The molecule has 0 bridgehead atoms. The quantitative estimate of drug-likeness (QED) is 0.406. The van der Waals surface area contributed by atoms with Crippen LogP contribution in [0.15, 0.2) is 12.1 Å². The van der Waals surface area contributed by atoms with Crippen LogP contribution < -0.4 is 0 Å². The molecule has 1 aromatic rings. The van der Waals surface area contributed by atoms with Crippen molar-refractivity contribution in [3.63, 3.8) is 0 Å². The van der Waals surface area contributed by atoms with Gasteiger partial charge in [0.1, 0.15) is 0 Å². The summed E-state index contributed by atoms with van der Waals surface area (Å²) >= 11 is -2.89. The van der Waals surface area contributed by atoms with E-state index in [1.165, 1.54) is 0 Å². The third kappa shape index (κ3) is 5.96. The Hall–Kier alpha value is -1.11. The molecule has 0 amide bonds. The average Bonchev–Trinajstić information content (AvgIpc) is 2.55. The van der Waals surface area contributed by atoms with Crippen molar-refractivity contribution in [2.45, 2.75) is 74.1 Å². The molecule has 1 rings (SSSR count). The van der Waals surface area contributed by atoms with Crippen molar-refractivity contribution in [2.75, 3.05) is 0 Å². The third-order valence-corrected chi connectivity index (χ3v) is 8.92. The van der Waals surface area contributed by atoms with Crippen LogP contribution in [-0.2, 0) is 15.7 Å². The van der Waals surface area contributed by atoms with Crippen LogP contribution in [0, 0.1) is 36.2 Å². The normalized spacial score (nSPS) is 11.7. The van der Waals surface area contributed by atoms with Gasteiger partial charge in [0, 0.05) is 0 Å². The SMILES string of the molecule is CCC(CC)C(=O)OI(OC(=O)C(CC)CC)c1c(C)cc(C)cc1C. The molecule has 0 aliphatic rings. The molecule has 0 N–H and O–H groups in total. The van der Waals surface area contributed by atoms with Gasteiger partial charge in [0.05, 0.1) is 0 Å². The molecule has 0 aromatic heterocycles. The summed E-state index contributed by atoms with van der Waals surface area (Å²) in [7, 11) is 0. The van der Waals surface area contributed by atoms with Crippen LogP contribution in [0.5, 0.6) is 0 Å². The zero-order chi connectivity index (χ0) is 19.9. The van der Waals surface area contributed by atoms with E-state index in [1.54, 1.807) is 0 Å². The average molecular weight is 476 g/mol. The van der Waals surface area contributed by atoms with Crippen molar-refractivity contribution >= 4 is 32.6 Å². The summed E-state index contributed by atoms with van der Waals surface area (Å²) < 4.78 is 12.7. The topological polar surface area (TPSA) is 52.6 Å². The number of hydrogen-bond acceptors (Lipinski definition) is 4. The van der Waals surface area contributed by atoms with Crippen molar-refractivity contribution in [3.8, 4) is 0 Å². The molecule has 4 nitrogen and oxygen atoms in total. The summed E-state index contributed by atoms with van der Waals surface area (Å²) in [5.74, 6) is -0.769. The first-order valence-corrected chi connectivity index (χ1v) is 12.3. The van der Waals surface area contributed by atoms with Gasteiger partial charge in [-0.15, -0.1) is 0 Å². The number of carbonyl (C=O) groups is 2. The zero-order valence-corrected chi connectivity index (χ0v) is 19.3. The van der Waals surface area contributed by atoms with E-state index in [0.29, 0.717) is 0 Å². The number of hydrogen-bond donors (Lipinski definition) is 0. The van der Waals surface area contributed by atoms with Gasteiger partial charge in [0.25, 0.3) is 0 Å². The molecule has 26 heavy (non-hydrogen) atoms. The van der Waals surface area contributed by atoms with Gasteiger partial charge in [-0.1, -0.05) is 0 Å². The number of halogens is 1. The minimum atomic E-state index is -2.89. The second-order valence-electron chi connectivity index (χ2n) is 6.75. The second-order valence-corrected chi connectivity index (χ2v) is 9.95. The van der Waals surface area contributed by atoms with Crippen LogP contribution in [0.2, 0.25) is 0 Å². The maximum absolute atomic E-state index is 12.6. The Kier molecular flexibility index (Phi) is 9.61. The van der Waals surface area contributed by atoms with Gasteiger partial charge in [-0.2, -0.15) is 0 Å². The van der Waals surface area contributed by atoms with E-state index in [4.69, 9.17) is 6.13 Å². The van der Waals surface area contributed by atoms with Crippen LogP contribution in [0.25, 0.3) is 0 Å². The standard InChI is InChI=1S/C21H33IO4/c1-8-17(9-2)20(23)25-22(26-21(24)18(10-3)11-4)19-15(6)12-14(5)13-16(19)7/h12-13,17-18H,8-11H2,1-7H3. The van der Waals surface area contributed by atoms with Crippen molar-refractivity contribution < 1.29 is 15.7 Å². The molecular weight excluding hydrogens is 443 g/mol. The molecule has 1 aromatic carbocycles. The Labute approximate surface area is 166 Å². The van der Waals surface area contributed by atoms with Crippen molar-refractivity contribution in [3.05, 3.63) is 32.4 Å². The fourth-order valence-corrected chi connectivity index (χ4v) is 6.75. The van der Waals surface area contributed by atoms with Crippen LogP contribution >= 0.6 is 20.6 Å². The predicted octanol–water partition coefficient (Wildman–Crippen LogP) is 6.08. The van der Waals surface area contributed by atoms with Crippen LogP contribution in [0.4, 0.5) is 0 Å². The fourth-order valence-electron chi connectivity index (χ4n) is 3.01. The van der Waals surface area contributed by atoms with E-state index < -0.39 is 20.6 Å². The van der Waals surface area contributed by atoms with Gasteiger partial charge in [-0.3, -0.25) is 0 Å². The van der Waals surface area contributed by atoms with Crippen molar-refractivity contribution in [1.82, 2.24) is 0 Å². The van der Waals surface area contributed by atoms with Crippen LogP contribution in [0.1, 0.15) is 70.1 Å². The molecule has 0 saturated carbocycles. The van der Waals surface area contributed by atoms with Gasteiger partial charge in [0.2, 0.25) is 0 Å². The minimum absolute atomic E-state index is 0.146. The first kappa shape index (κ1) is 22.9. The van der Waals surface area contributed by atoms with Gasteiger partial charge in [-0.25, -0.2) is 0 Å². The Morgan fingerprint density at radius 1 is 0.808 bits per heavy atom. The maximum atomic E-state index is 12.6. The van der Waals surface area contributed by atoms with E-state index >= 15 is 0 Å². The number of carbonyl (C=O) groups excluding carboxylic acids is 2. The summed E-state index contributed by atoms with van der Waals surface area (Å²) in [6, 6.07) is 4.12. The Morgan fingerprint density at radius 3 is 1.46 bits per heavy atom. The van der Waals surface area contributed by atoms with E-state index in [-0.39, 0.29) is 23.8 Å². The second kappa shape index (κ2) is 10.9. The molecule has 0 fully saturated rings. The van der Waals surface area contributed by atoms with Gasteiger partial charge in [0.15, 0.2) is 0 Å². The van der Waals surface area contributed by atoms with Crippen molar-refractivity contribution in [1.29, 1.82) is 0 Å².